The number of halogens is 1. The Hall–Kier alpha value is -0.0400. The van der Waals surface area contributed by atoms with Gasteiger partial charge in [0.25, 0.3) is 0 Å². The van der Waals surface area contributed by atoms with Crippen molar-refractivity contribution in [2.75, 3.05) is 0 Å². The maximum atomic E-state index is 11.4. The second-order valence-corrected chi connectivity index (χ2v) is 5.19. The van der Waals surface area contributed by atoms with Crippen LogP contribution in [0.1, 0.15) is 44.9 Å². The first kappa shape index (κ1) is 8.55. The molecule has 2 bridgehead atoms. The molecule has 2 aliphatic carbocycles. The van der Waals surface area contributed by atoms with E-state index >= 15 is 0 Å². The summed E-state index contributed by atoms with van der Waals surface area (Å²) in [5.74, 6) is 0.995. The first-order chi connectivity index (χ1) is 5.68. The SMILES string of the molecule is O=C1CC2CCCCC(Cl)(C1)C2. The van der Waals surface area contributed by atoms with Crippen molar-refractivity contribution in [3.8, 4) is 0 Å². The molecule has 2 fully saturated rings. The minimum absolute atomic E-state index is 0.142. The van der Waals surface area contributed by atoms with Crippen molar-refractivity contribution in [2.45, 2.75) is 49.8 Å². The van der Waals surface area contributed by atoms with Gasteiger partial charge in [-0.05, 0) is 25.2 Å². The Bertz CT molecular complexity index is 202. The van der Waals surface area contributed by atoms with Crippen molar-refractivity contribution in [1.29, 1.82) is 0 Å². The molecule has 0 amide bonds. The van der Waals surface area contributed by atoms with Crippen LogP contribution in [0.25, 0.3) is 0 Å². The lowest BCUT2D eigenvalue weighted by Gasteiger charge is -2.32. The van der Waals surface area contributed by atoms with Crippen molar-refractivity contribution < 1.29 is 4.79 Å². The molecule has 2 aliphatic rings. The highest BCUT2D eigenvalue weighted by atomic mass is 35.5. The van der Waals surface area contributed by atoms with E-state index in [1.54, 1.807) is 0 Å². The lowest BCUT2D eigenvalue weighted by Crippen LogP contribution is -2.33. The van der Waals surface area contributed by atoms with E-state index in [9.17, 15) is 4.79 Å². The molecule has 68 valence electrons. The molecule has 0 radical (unpaired) electrons. The average molecular weight is 187 g/mol. The van der Waals surface area contributed by atoms with Gasteiger partial charge in [-0.15, -0.1) is 11.6 Å². The van der Waals surface area contributed by atoms with Crippen molar-refractivity contribution >= 4 is 17.4 Å². The Kier molecular flexibility index (Phi) is 2.16. The van der Waals surface area contributed by atoms with Crippen LogP contribution in [0.3, 0.4) is 0 Å². The van der Waals surface area contributed by atoms with E-state index in [1.807, 2.05) is 0 Å². The predicted molar refractivity (Wildman–Crippen MR) is 49.4 cm³/mol. The number of carbonyl (C=O) groups excluding carboxylic acids is 1. The van der Waals surface area contributed by atoms with Crippen LogP contribution < -0.4 is 0 Å². The minimum atomic E-state index is -0.142. The van der Waals surface area contributed by atoms with E-state index in [1.165, 1.54) is 19.3 Å². The molecule has 12 heavy (non-hydrogen) atoms. The summed E-state index contributed by atoms with van der Waals surface area (Å²) in [5, 5.41) is 0. The minimum Gasteiger partial charge on any atom is -0.300 e. The molecule has 2 unspecified atom stereocenters. The van der Waals surface area contributed by atoms with Crippen molar-refractivity contribution in [2.24, 2.45) is 5.92 Å². The molecular formula is C10H15ClO. The number of ketones is 1. The van der Waals surface area contributed by atoms with E-state index in [0.29, 0.717) is 18.1 Å². The van der Waals surface area contributed by atoms with Crippen LogP contribution in [-0.2, 0) is 4.79 Å². The van der Waals surface area contributed by atoms with Crippen LogP contribution >= 0.6 is 11.6 Å². The van der Waals surface area contributed by atoms with Crippen molar-refractivity contribution in [3.05, 3.63) is 0 Å². The molecule has 2 saturated carbocycles. The Morgan fingerprint density at radius 3 is 3.08 bits per heavy atom. The fraction of sp³-hybridized carbons (Fsp3) is 0.900. The zero-order valence-electron chi connectivity index (χ0n) is 7.31. The normalized spacial score (nSPS) is 42.4. The quantitative estimate of drug-likeness (QED) is 0.532. The Balaban J connectivity index is 2.15. The molecule has 0 aromatic rings. The van der Waals surface area contributed by atoms with E-state index < -0.39 is 0 Å². The van der Waals surface area contributed by atoms with Crippen molar-refractivity contribution in [3.63, 3.8) is 0 Å². The lowest BCUT2D eigenvalue weighted by molar-refractivity contribution is -0.122. The summed E-state index contributed by atoms with van der Waals surface area (Å²) < 4.78 is 0. The lowest BCUT2D eigenvalue weighted by atomic mass is 9.79. The zero-order chi connectivity index (χ0) is 8.60. The summed E-state index contributed by atoms with van der Waals surface area (Å²) in [6.07, 6.45) is 7.27. The number of hydrogen-bond donors (Lipinski definition) is 0. The molecule has 2 atom stereocenters. The summed E-state index contributed by atoms with van der Waals surface area (Å²) in [4.78, 5) is 11.2. The largest absolute Gasteiger partial charge is 0.300 e. The Labute approximate surface area is 78.5 Å². The van der Waals surface area contributed by atoms with Gasteiger partial charge in [-0.25, -0.2) is 0 Å². The third kappa shape index (κ3) is 1.66. The molecule has 2 rings (SSSR count). The summed E-state index contributed by atoms with van der Waals surface area (Å²) in [6, 6.07) is 0. The highest BCUT2D eigenvalue weighted by Gasteiger charge is 2.39. The first-order valence-corrected chi connectivity index (χ1v) is 5.26. The average Bonchev–Trinajstić information content (AvgIpc) is 2.07. The van der Waals surface area contributed by atoms with Crippen LogP contribution in [0, 0.1) is 5.92 Å². The fourth-order valence-electron chi connectivity index (χ4n) is 2.68. The van der Waals surface area contributed by atoms with Crippen LogP contribution in [-0.4, -0.2) is 10.7 Å². The van der Waals surface area contributed by atoms with Gasteiger partial charge in [0.1, 0.15) is 5.78 Å². The topological polar surface area (TPSA) is 17.1 Å². The van der Waals surface area contributed by atoms with E-state index in [-0.39, 0.29) is 4.87 Å². The third-order valence-electron chi connectivity index (χ3n) is 3.17. The monoisotopic (exact) mass is 186 g/mol. The molecule has 0 aromatic heterocycles. The predicted octanol–water partition coefficient (Wildman–Crippen LogP) is 2.91. The molecular weight excluding hydrogens is 172 g/mol. The summed E-state index contributed by atoms with van der Waals surface area (Å²) in [6.45, 7) is 0. The van der Waals surface area contributed by atoms with Gasteiger partial charge in [-0.2, -0.15) is 0 Å². The summed E-state index contributed by atoms with van der Waals surface area (Å²) in [5.41, 5.74) is 0. The second kappa shape index (κ2) is 3.02. The van der Waals surface area contributed by atoms with Gasteiger partial charge in [0.05, 0.1) is 4.87 Å². The molecule has 0 N–H and O–H groups in total. The van der Waals surface area contributed by atoms with Gasteiger partial charge in [0.15, 0.2) is 0 Å². The number of rotatable bonds is 0. The Morgan fingerprint density at radius 2 is 2.25 bits per heavy atom. The number of hydrogen-bond acceptors (Lipinski definition) is 1. The number of fused-ring (bicyclic) bond motifs is 2. The molecule has 0 heterocycles. The van der Waals surface area contributed by atoms with Gasteiger partial charge < -0.3 is 0 Å². The summed E-state index contributed by atoms with van der Waals surface area (Å²) >= 11 is 6.38. The van der Waals surface area contributed by atoms with E-state index in [0.717, 1.165) is 19.3 Å². The number of alkyl halides is 1. The summed E-state index contributed by atoms with van der Waals surface area (Å²) in [7, 11) is 0. The fourth-order valence-corrected chi connectivity index (χ4v) is 3.18. The van der Waals surface area contributed by atoms with Gasteiger partial charge >= 0.3 is 0 Å². The van der Waals surface area contributed by atoms with Crippen molar-refractivity contribution in [1.82, 2.24) is 0 Å². The number of Topliss-reactive ketones (excluding diaryl/α,β-unsaturated/α-hetero) is 1. The smallest absolute Gasteiger partial charge is 0.134 e. The highest BCUT2D eigenvalue weighted by molar-refractivity contribution is 6.25. The Morgan fingerprint density at radius 1 is 1.42 bits per heavy atom. The maximum absolute atomic E-state index is 11.4. The molecule has 0 saturated heterocycles. The van der Waals surface area contributed by atoms with Gasteiger partial charge in [-0.1, -0.05) is 12.8 Å². The third-order valence-corrected chi connectivity index (χ3v) is 3.65. The van der Waals surface area contributed by atoms with Crippen LogP contribution in [0.4, 0.5) is 0 Å². The van der Waals surface area contributed by atoms with Crippen LogP contribution in [0.15, 0.2) is 0 Å². The molecule has 2 heteroatoms. The first-order valence-electron chi connectivity index (χ1n) is 4.89. The molecule has 1 nitrogen and oxygen atoms in total. The van der Waals surface area contributed by atoms with E-state index in [2.05, 4.69) is 0 Å². The molecule has 0 spiro atoms. The standard InChI is InChI=1S/C10H15ClO/c11-10-4-2-1-3-8(6-10)5-9(12)7-10/h8H,1-7H2. The van der Waals surface area contributed by atoms with Gasteiger partial charge in [-0.3, -0.25) is 4.79 Å². The second-order valence-electron chi connectivity index (χ2n) is 4.39. The van der Waals surface area contributed by atoms with Crippen LogP contribution in [0.2, 0.25) is 0 Å². The van der Waals surface area contributed by atoms with E-state index in [4.69, 9.17) is 11.6 Å². The molecule has 0 aromatic carbocycles. The molecule has 0 aliphatic heterocycles. The zero-order valence-corrected chi connectivity index (χ0v) is 8.07. The number of carbonyl (C=O) groups is 1. The highest BCUT2D eigenvalue weighted by Crippen LogP contribution is 2.43. The van der Waals surface area contributed by atoms with Gasteiger partial charge in [0, 0.05) is 12.8 Å². The van der Waals surface area contributed by atoms with Crippen LogP contribution in [0.5, 0.6) is 0 Å². The van der Waals surface area contributed by atoms with Gasteiger partial charge in [0.2, 0.25) is 0 Å². The maximum Gasteiger partial charge on any atom is 0.134 e.